The van der Waals surface area contributed by atoms with Gasteiger partial charge >= 0.3 is 11.7 Å². The molecular weight excluding hydrogens is 288 g/mol. The maximum atomic E-state index is 12.1. The molecule has 2 unspecified atom stereocenters. The van der Waals surface area contributed by atoms with Gasteiger partial charge in [0.2, 0.25) is 5.91 Å². The number of hydrogen-bond acceptors (Lipinski definition) is 6. The third-order valence-corrected chi connectivity index (χ3v) is 4.14. The molecule has 1 saturated heterocycles. The second-order valence-electron chi connectivity index (χ2n) is 4.24. The summed E-state index contributed by atoms with van der Waals surface area (Å²) in [5, 5.41) is 23.1. The number of hydrogen-bond donors (Lipinski definition) is 1. The predicted molar refractivity (Wildman–Crippen MR) is 69.1 cm³/mol. The largest absolute Gasteiger partial charge is 0.480 e. The van der Waals surface area contributed by atoms with E-state index in [1.165, 1.54) is 16.7 Å². The molecule has 0 spiro atoms. The van der Waals surface area contributed by atoms with E-state index in [0.29, 0.717) is 5.75 Å². The van der Waals surface area contributed by atoms with Crippen molar-refractivity contribution in [2.24, 2.45) is 0 Å². The van der Waals surface area contributed by atoms with Crippen LogP contribution in [-0.2, 0) is 16.1 Å². The highest BCUT2D eigenvalue weighted by molar-refractivity contribution is 8.00. The molecule has 2 rings (SSSR count). The Balaban J connectivity index is 2.10. The standard InChI is InChI=1S/C10H12N4O5S/c1-6-13(8(5-20-6)10(16)17)9(15)4-12-3-7(2-11-12)14(18)19/h2-3,6,8H,4-5H2,1H3,(H,16,17). The molecule has 2 heterocycles. The van der Waals surface area contributed by atoms with Crippen LogP contribution >= 0.6 is 11.8 Å². The Bertz CT molecular complexity index is 560. The smallest absolute Gasteiger partial charge is 0.327 e. The number of thioether (sulfide) groups is 1. The molecule has 20 heavy (non-hydrogen) atoms. The molecule has 108 valence electrons. The quantitative estimate of drug-likeness (QED) is 0.621. The van der Waals surface area contributed by atoms with E-state index in [-0.39, 0.29) is 17.6 Å². The third kappa shape index (κ3) is 2.74. The van der Waals surface area contributed by atoms with Gasteiger partial charge in [-0.25, -0.2) is 4.79 Å². The number of carbonyl (C=O) groups is 2. The minimum atomic E-state index is -1.05. The van der Waals surface area contributed by atoms with Crippen molar-refractivity contribution in [3.05, 3.63) is 22.5 Å². The summed E-state index contributed by atoms with van der Waals surface area (Å²) in [6, 6.07) is -0.868. The van der Waals surface area contributed by atoms with E-state index in [2.05, 4.69) is 5.10 Å². The number of nitrogens with zero attached hydrogens (tertiary/aromatic N) is 4. The first kappa shape index (κ1) is 14.3. The van der Waals surface area contributed by atoms with Gasteiger partial charge in [0.1, 0.15) is 25.0 Å². The predicted octanol–water partition coefficient (Wildman–Crippen LogP) is 0.166. The van der Waals surface area contributed by atoms with Crippen molar-refractivity contribution in [1.82, 2.24) is 14.7 Å². The first-order valence-electron chi connectivity index (χ1n) is 5.72. The molecule has 0 aliphatic carbocycles. The van der Waals surface area contributed by atoms with E-state index < -0.39 is 22.8 Å². The summed E-state index contributed by atoms with van der Waals surface area (Å²) in [4.78, 5) is 34.4. The van der Waals surface area contributed by atoms with Gasteiger partial charge in [0.05, 0.1) is 10.3 Å². The molecular formula is C10H12N4O5S. The van der Waals surface area contributed by atoms with Crippen molar-refractivity contribution in [2.75, 3.05) is 5.75 Å². The van der Waals surface area contributed by atoms with Gasteiger partial charge in [-0.2, -0.15) is 5.10 Å². The zero-order valence-corrected chi connectivity index (χ0v) is 11.3. The van der Waals surface area contributed by atoms with Crippen LogP contribution in [0.25, 0.3) is 0 Å². The highest BCUT2D eigenvalue weighted by atomic mass is 32.2. The van der Waals surface area contributed by atoms with Crippen LogP contribution in [0, 0.1) is 10.1 Å². The molecule has 1 aromatic heterocycles. The van der Waals surface area contributed by atoms with Crippen molar-refractivity contribution in [2.45, 2.75) is 24.9 Å². The average molecular weight is 300 g/mol. The number of amides is 1. The van der Waals surface area contributed by atoms with Crippen molar-refractivity contribution < 1.29 is 19.6 Å². The van der Waals surface area contributed by atoms with Gasteiger partial charge < -0.3 is 10.0 Å². The zero-order chi connectivity index (χ0) is 14.9. The molecule has 9 nitrogen and oxygen atoms in total. The lowest BCUT2D eigenvalue weighted by Gasteiger charge is -2.24. The van der Waals surface area contributed by atoms with Crippen LogP contribution in [-0.4, -0.2) is 53.8 Å². The third-order valence-electron chi connectivity index (χ3n) is 2.92. The van der Waals surface area contributed by atoms with Crippen molar-refractivity contribution >= 4 is 29.3 Å². The number of carbonyl (C=O) groups excluding carboxylic acids is 1. The van der Waals surface area contributed by atoms with Crippen molar-refractivity contribution in [3.63, 3.8) is 0 Å². The molecule has 0 saturated carbocycles. The molecule has 10 heteroatoms. The molecule has 2 atom stereocenters. The Hall–Kier alpha value is -2.10. The zero-order valence-electron chi connectivity index (χ0n) is 10.5. The highest BCUT2D eigenvalue weighted by Crippen LogP contribution is 2.29. The second kappa shape index (κ2) is 5.49. The Morgan fingerprint density at radius 3 is 2.90 bits per heavy atom. The second-order valence-corrected chi connectivity index (χ2v) is 5.59. The SMILES string of the molecule is CC1SCC(C(=O)O)N1C(=O)Cn1cc([N+](=O)[O-])cn1. The average Bonchev–Trinajstić information content (AvgIpc) is 2.95. The molecule has 1 aliphatic heterocycles. The van der Waals surface area contributed by atoms with Crippen LogP contribution in [0.2, 0.25) is 0 Å². The molecule has 1 amide bonds. The van der Waals surface area contributed by atoms with Crippen LogP contribution in [0.4, 0.5) is 5.69 Å². The molecule has 0 aromatic carbocycles. The van der Waals surface area contributed by atoms with E-state index in [9.17, 15) is 19.7 Å². The molecule has 0 bridgehead atoms. The van der Waals surface area contributed by atoms with Gasteiger partial charge in [-0.1, -0.05) is 0 Å². The Kier molecular flexibility index (Phi) is 3.93. The van der Waals surface area contributed by atoms with Gasteiger partial charge in [0, 0.05) is 5.75 Å². The van der Waals surface area contributed by atoms with Gasteiger partial charge in [-0.15, -0.1) is 11.8 Å². The summed E-state index contributed by atoms with van der Waals surface area (Å²) < 4.78 is 1.13. The van der Waals surface area contributed by atoms with E-state index in [0.717, 1.165) is 17.1 Å². The van der Waals surface area contributed by atoms with Gasteiger partial charge in [-0.3, -0.25) is 19.6 Å². The molecule has 1 aromatic rings. The van der Waals surface area contributed by atoms with E-state index >= 15 is 0 Å². The van der Waals surface area contributed by atoms with Crippen LogP contribution in [0.15, 0.2) is 12.4 Å². The van der Waals surface area contributed by atoms with Crippen LogP contribution in [0.5, 0.6) is 0 Å². The number of rotatable bonds is 4. The summed E-state index contributed by atoms with van der Waals surface area (Å²) in [7, 11) is 0. The summed E-state index contributed by atoms with van der Waals surface area (Å²) in [5.74, 6) is -1.14. The Morgan fingerprint density at radius 2 is 2.35 bits per heavy atom. The topological polar surface area (TPSA) is 119 Å². The summed E-state index contributed by atoms with van der Waals surface area (Å²) in [5.41, 5.74) is -0.212. The fourth-order valence-electron chi connectivity index (χ4n) is 1.96. The van der Waals surface area contributed by atoms with E-state index in [1.807, 2.05) is 0 Å². The van der Waals surface area contributed by atoms with E-state index in [1.54, 1.807) is 6.92 Å². The lowest BCUT2D eigenvalue weighted by atomic mass is 10.3. The maximum Gasteiger partial charge on any atom is 0.327 e. The lowest BCUT2D eigenvalue weighted by Crippen LogP contribution is -2.46. The van der Waals surface area contributed by atoms with Crippen LogP contribution in [0.3, 0.4) is 0 Å². The highest BCUT2D eigenvalue weighted by Gasteiger charge is 2.39. The summed E-state index contributed by atoms with van der Waals surface area (Å²) in [6.45, 7) is 1.53. The minimum Gasteiger partial charge on any atom is -0.480 e. The molecule has 1 fully saturated rings. The normalized spacial score (nSPS) is 21.9. The van der Waals surface area contributed by atoms with Crippen LogP contribution in [0.1, 0.15) is 6.92 Å². The first-order valence-corrected chi connectivity index (χ1v) is 6.77. The maximum absolute atomic E-state index is 12.1. The first-order chi connectivity index (χ1) is 9.40. The Labute approximate surface area is 117 Å². The van der Waals surface area contributed by atoms with Crippen molar-refractivity contribution in [1.29, 1.82) is 0 Å². The number of aromatic nitrogens is 2. The van der Waals surface area contributed by atoms with Crippen LogP contribution < -0.4 is 0 Å². The number of carboxylic acids is 1. The number of nitro groups is 1. The monoisotopic (exact) mass is 300 g/mol. The van der Waals surface area contributed by atoms with E-state index in [4.69, 9.17) is 5.11 Å². The Morgan fingerprint density at radius 1 is 1.65 bits per heavy atom. The molecule has 0 radical (unpaired) electrons. The molecule has 1 N–H and O–H groups in total. The summed E-state index contributed by atoms with van der Waals surface area (Å²) in [6.07, 6.45) is 2.19. The van der Waals surface area contributed by atoms with Gasteiger partial charge in [0.15, 0.2) is 0 Å². The fraction of sp³-hybridized carbons (Fsp3) is 0.500. The number of carboxylic acid groups (broad SMARTS) is 1. The minimum absolute atomic E-state index is 0.212. The lowest BCUT2D eigenvalue weighted by molar-refractivity contribution is -0.385. The van der Waals surface area contributed by atoms with Gasteiger partial charge in [0.25, 0.3) is 0 Å². The van der Waals surface area contributed by atoms with Crippen molar-refractivity contribution in [3.8, 4) is 0 Å². The van der Waals surface area contributed by atoms with Gasteiger partial charge in [-0.05, 0) is 6.92 Å². The molecule has 1 aliphatic rings. The number of aliphatic carboxylic acids is 1. The summed E-state index contributed by atoms with van der Waals surface area (Å²) >= 11 is 1.38. The fourth-order valence-corrected chi connectivity index (χ4v) is 3.15.